The van der Waals surface area contributed by atoms with Gasteiger partial charge >= 0.3 is 6.09 Å². The van der Waals surface area contributed by atoms with Gasteiger partial charge in [0.1, 0.15) is 11.4 Å². The normalized spacial score (nSPS) is 15.5. The van der Waals surface area contributed by atoms with Crippen molar-refractivity contribution in [2.24, 2.45) is 0 Å². The Morgan fingerprint density at radius 2 is 1.83 bits per heavy atom. The van der Waals surface area contributed by atoms with Crippen LogP contribution in [-0.2, 0) is 9.53 Å². The Balaban J connectivity index is 1.75. The largest absolute Gasteiger partial charge is 0.465 e. The van der Waals surface area contributed by atoms with E-state index in [4.69, 9.17) is 14.0 Å². The number of carbonyl (C=O) groups is 2. The van der Waals surface area contributed by atoms with Crippen molar-refractivity contribution in [3.8, 4) is 5.88 Å². The van der Waals surface area contributed by atoms with Crippen molar-refractivity contribution in [3.63, 3.8) is 0 Å². The molecule has 2 amide bonds. The van der Waals surface area contributed by atoms with Crippen LogP contribution in [0.25, 0.3) is 0 Å². The van der Waals surface area contributed by atoms with Gasteiger partial charge in [0.05, 0.1) is 0 Å². The van der Waals surface area contributed by atoms with Crippen LogP contribution in [0.2, 0.25) is 0 Å². The first-order valence-corrected chi connectivity index (χ1v) is 7.56. The zero-order valence-electron chi connectivity index (χ0n) is 14.0. The number of hydrogen-bond acceptors (Lipinski definition) is 6. The first-order valence-electron chi connectivity index (χ1n) is 7.56. The average Bonchev–Trinajstić information content (AvgIpc) is 2.89. The molecule has 0 N–H and O–H groups in total. The summed E-state index contributed by atoms with van der Waals surface area (Å²) in [5, 5.41) is 3.66. The third kappa shape index (κ3) is 5.15. The summed E-state index contributed by atoms with van der Waals surface area (Å²) in [7, 11) is 0. The van der Waals surface area contributed by atoms with Crippen molar-refractivity contribution in [2.75, 3.05) is 32.8 Å². The van der Waals surface area contributed by atoms with E-state index < -0.39 is 5.60 Å². The van der Waals surface area contributed by atoms with Gasteiger partial charge in [-0.15, -0.1) is 0 Å². The van der Waals surface area contributed by atoms with E-state index in [0.717, 1.165) is 0 Å². The van der Waals surface area contributed by atoms with Crippen molar-refractivity contribution in [1.82, 2.24) is 15.0 Å². The third-order valence-corrected chi connectivity index (χ3v) is 3.23. The molecule has 1 aliphatic heterocycles. The van der Waals surface area contributed by atoms with Gasteiger partial charge in [0.25, 0.3) is 11.8 Å². The second-order valence-electron chi connectivity index (χ2n) is 6.41. The molecule has 0 radical (unpaired) electrons. The van der Waals surface area contributed by atoms with E-state index in [-0.39, 0.29) is 18.6 Å². The van der Waals surface area contributed by atoms with E-state index in [0.29, 0.717) is 37.8 Å². The Hall–Kier alpha value is -2.25. The highest BCUT2D eigenvalue weighted by molar-refractivity contribution is 5.78. The van der Waals surface area contributed by atoms with Crippen molar-refractivity contribution in [2.45, 2.75) is 33.3 Å². The summed E-state index contributed by atoms with van der Waals surface area (Å²) in [5.74, 6) is 0.774. The Morgan fingerprint density at radius 3 is 2.35 bits per heavy atom. The summed E-state index contributed by atoms with van der Waals surface area (Å²) in [5.41, 5.74) is -0.520. The van der Waals surface area contributed by atoms with Crippen LogP contribution in [0.1, 0.15) is 26.5 Å². The van der Waals surface area contributed by atoms with Crippen LogP contribution in [0.4, 0.5) is 4.79 Å². The van der Waals surface area contributed by atoms with E-state index >= 15 is 0 Å². The van der Waals surface area contributed by atoms with E-state index in [2.05, 4.69) is 5.16 Å². The first-order chi connectivity index (χ1) is 10.7. The molecule has 0 saturated carbocycles. The number of rotatable bonds is 3. The van der Waals surface area contributed by atoms with Gasteiger partial charge in [-0.3, -0.25) is 4.79 Å². The van der Waals surface area contributed by atoms with Gasteiger partial charge < -0.3 is 23.8 Å². The Bertz CT molecular complexity index is 556. The summed E-state index contributed by atoms with van der Waals surface area (Å²) >= 11 is 0. The van der Waals surface area contributed by atoms with Crippen LogP contribution in [0.15, 0.2) is 10.6 Å². The summed E-state index contributed by atoms with van der Waals surface area (Å²) in [6.45, 7) is 8.94. The Kier molecular flexibility index (Phi) is 5.12. The molecule has 0 atom stereocenters. The number of nitrogens with zero attached hydrogens (tertiary/aromatic N) is 3. The number of amides is 2. The molecule has 2 heterocycles. The first kappa shape index (κ1) is 17.1. The molecular weight excluding hydrogens is 302 g/mol. The molecule has 0 spiro atoms. The van der Waals surface area contributed by atoms with Crippen LogP contribution in [0, 0.1) is 6.92 Å². The molecule has 0 bridgehead atoms. The maximum atomic E-state index is 12.1. The Labute approximate surface area is 135 Å². The van der Waals surface area contributed by atoms with Crippen molar-refractivity contribution >= 4 is 12.0 Å². The number of carbonyl (C=O) groups excluding carboxylic acids is 2. The number of aryl methyl sites for hydroxylation is 1. The predicted molar refractivity (Wildman–Crippen MR) is 81.1 cm³/mol. The topological polar surface area (TPSA) is 85.1 Å². The minimum atomic E-state index is -0.520. The quantitative estimate of drug-likeness (QED) is 0.836. The number of ether oxygens (including phenoxy) is 2. The fraction of sp³-hybridized carbons (Fsp3) is 0.667. The average molecular weight is 325 g/mol. The SMILES string of the molecule is Cc1cc(OCC(=O)N2CCN(C(=O)OC(C)(C)C)CC2)no1. The lowest BCUT2D eigenvalue weighted by Gasteiger charge is -2.35. The van der Waals surface area contributed by atoms with Crippen LogP contribution >= 0.6 is 0 Å². The Morgan fingerprint density at radius 1 is 1.22 bits per heavy atom. The van der Waals surface area contributed by atoms with Gasteiger partial charge in [-0.1, -0.05) is 0 Å². The molecule has 0 aliphatic carbocycles. The third-order valence-electron chi connectivity index (χ3n) is 3.23. The second kappa shape index (κ2) is 6.89. The standard InChI is InChI=1S/C15H23N3O5/c1-11-9-12(16-23-11)21-10-13(19)17-5-7-18(8-6-17)14(20)22-15(2,3)4/h9H,5-8,10H2,1-4H3. The van der Waals surface area contributed by atoms with Gasteiger partial charge in [0, 0.05) is 32.2 Å². The smallest absolute Gasteiger partial charge is 0.410 e. The van der Waals surface area contributed by atoms with Gasteiger partial charge in [0.15, 0.2) is 6.61 Å². The molecule has 1 aliphatic rings. The molecule has 1 saturated heterocycles. The molecule has 8 nitrogen and oxygen atoms in total. The van der Waals surface area contributed by atoms with Crippen LogP contribution in [-0.4, -0.2) is 65.3 Å². The van der Waals surface area contributed by atoms with Crippen molar-refractivity contribution in [3.05, 3.63) is 11.8 Å². The molecule has 1 aromatic heterocycles. The van der Waals surface area contributed by atoms with Gasteiger partial charge in [-0.2, -0.15) is 0 Å². The van der Waals surface area contributed by atoms with Gasteiger partial charge in [-0.05, 0) is 32.9 Å². The minimum absolute atomic E-state index is 0.0988. The lowest BCUT2D eigenvalue weighted by molar-refractivity contribution is -0.135. The summed E-state index contributed by atoms with van der Waals surface area (Å²) < 4.78 is 15.5. The number of aromatic nitrogens is 1. The van der Waals surface area contributed by atoms with Crippen molar-refractivity contribution < 1.29 is 23.6 Å². The van der Waals surface area contributed by atoms with Gasteiger partial charge in [0.2, 0.25) is 0 Å². The molecule has 1 fully saturated rings. The molecule has 0 unspecified atom stereocenters. The fourth-order valence-electron chi connectivity index (χ4n) is 2.10. The summed E-state index contributed by atoms with van der Waals surface area (Å²) in [6.07, 6.45) is -0.348. The molecule has 8 heteroatoms. The summed E-state index contributed by atoms with van der Waals surface area (Å²) in [6, 6.07) is 1.62. The molecule has 1 aromatic rings. The maximum Gasteiger partial charge on any atom is 0.410 e. The highest BCUT2D eigenvalue weighted by Gasteiger charge is 2.27. The zero-order valence-corrected chi connectivity index (χ0v) is 14.0. The van der Waals surface area contributed by atoms with Crippen LogP contribution < -0.4 is 4.74 Å². The van der Waals surface area contributed by atoms with E-state index in [1.54, 1.807) is 22.8 Å². The van der Waals surface area contributed by atoms with Crippen LogP contribution in [0.3, 0.4) is 0 Å². The van der Waals surface area contributed by atoms with E-state index in [9.17, 15) is 9.59 Å². The van der Waals surface area contributed by atoms with E-state index in [1.165, 1.54) is 0 Å². The van der Waals surface area contributed by atoms with Crippen molar-refractivity contribution in [1.29, 1.82) is 0 Å². The number of piperazine rings is 1. The monoisotopic (exact) mass is 325 g/mol. The molecular formula is C15H23N3O5. The van der Waals surface area contributed by atoms with Gasteiger partial charge in [-0.25, -0.2) is 4.79 Å². The highest BCUT2D eigenvalue weighted by atomic mass is 16.6. The zero-order chi connectivity index (χ0) is 17.0. The maximum absolute atomic E-state index is 12.1. The molecule has 23 heavy (non-hydrogen) atoms. The van der Waals surface area contributed by atoms with Crippen LogP contribution in [0.5, 0.6) is 5.88 Å². The van der Waals surface area contributed by atoms with E-state index in [1.807, 2.05) is 20.8 Å². The molecule has 128 valence electrons. The number of hydrogen-bond donors (Lipinski definition) is 0. The highest BCUT2D eigenvalue weighted by Crippen LogP contribution is 2.13. The molecule has 0 aromatic carbocycles. The fourth-order valence-corrected chi connectivity index (χ4v) is 2.10. The second-order valence-corrected chi connectivity index (χ2v) is 6.41. The summed E-state index contributed by atoms with van der Waals surface area (Å²) in [4.78, 5) is 27.3. The lowest BCUT2D eigenvalue weighted by Crippen LogP contribution is -2.52. The lowest BCUT2D eigenvalue weighted by atomic mass is 10.2. The molecule has 2 rings (SSSR count). The predicted octanol–water partition coefficient (Wildman–Crippen LogP) is 1.44. The minimum Gasteiger partial charge on any atom is -0.465 e.